The van der Waals surface area contributed by atoms with Crippen molar-refractivity contribution in [1.82, 2.24) is 9.47 Å². The average Bonchev–Trinajstić information content (AvgIpc) is 3.53. The van der Waals surface area contributed by atoms with Crippen molar-refractivity contribution in [3.63, 3.8) is 0 Å². The van der Waals surface area contributed by atoms with Crippen molar-refractivity contribution in [3.8, 4) is 5.75 Å². The van der Waals surface area contributed by atoms with Crippen LogP contribution in [0.1, 0.15) is 62.2 Å². The van der Waals surface area contributed by atoms with Gasteiger partial charge in [0.25, 0.3) is 5.91 Å². The van der Waals surface area contributed by atoms with E-state index in [1.54, 1.807) is 68.7 Å². The third kappa shape index (κ3) is 4.10. The van der Waals surface area contributed by atoms with Gasteiger partial charge in [-0.2, -0.15) is 0 Å². The maximum Gasteiger partial charge on any atom is 0.355 e. The molecule has 1 amide bonds. The Hall–Kier alpha value is -3.09. The van der Waals surface area contributed by atoms with E-state index in [0.717, 1.165) is 12.8 Å². The lowest BCUT2D eigenvalue weighted by Crippen LogP contribution is -2.37. The molecule has 7 nitrogen and oxygen atoms in total. The molecule has 160 valence electrons. The normalized spacial score (nSPS) is 13.1. The molecule has 0 unspecified atom stereocenters. The summed E-state index contributed by atoms with van der Waals surface area (Å²) in [6.45, 7) is 5.53. The standard InChI is InChI=1S/C23H28N2O5/c1-6-30-23(28)21-14(2)20(15(3)24(21)4)19(26)13-25(17-9-10-17)22(27)16-7-11-18(29-5)12-8-16/h7-8,11-12,17H,6,9-10,13H2,1-5H3. The van der Waals surface area contributed by atoms with Crippen molar-refractivity contribution in [2.24, 2.45) is 7.05 Å². The number of carbonyl (C=O) groups excluding carboxylic acids is 3. The largest absolute Gasteiger partial charge is 0.497 e. The Morgan fingerprint density at radius 2 is 1.77 bits per heavy atom. The Bertz CT molecular complexity index is 970. The molecule has 1 saturated carbocycles. The van der Waals surface area contributed by atoms with Crippen LogP contribution < -0.4 is 4.74 Å². The number of carbonyl (C=O) groups is 3. The number of benzene rings is 1. The van der Waals surface area contributed by atoms with Crippen LogP contribution >= 0.6 is 0 Å². The number of Topliss-reactive ketones (excluding diaryl/α,β-unsaturated/α-hetero) is 1. The van der Waals surface area contributed by atoms with Crippen LogP contribution in [0.5, 0.6) is 5.75 Å². The molecule has 0 aliphatic heterocycles. The van der Waals surface area contributed by atoms with Crippen molar-refractivity contribution in [2.75, 3.05) is 20.3 Å². The highest BCUT2D eigenvalue weighted by molar-refractivity contribution is 6.06. The molecule has 0 N–H and O–H groups in total. The molecule has 2 aromatic rings. The summed E-state index contributed by atoms with van der Waals surface area (Å²) in [7, 11) is 3.31. The van der Waals surface area contributed by atoms with Crippen LogP contribution in [-0.4, -0.2) is 53.4 Å². The summed E-state index contributed by atoms with van der Waals surface area (Å²) in [6, 6.07) is 6.95. The minimum atomic E-state index is -0.451. The number of rotatable bonds is 8. The molecule has 1 heterocycles. The zero-order valence-electron chi connectivity index (χ0n) is 18.2. The number of amides is 1. The van der Waals surface area contributed by atoms with Crippen molar-refractivity contribution < 1.29 is 23.9 Å². The second-order valence-corrected chi connectivity index (χ2v) is 7.53. The van der Waals surface area contributed by atoms with Gasteiger partial charge in [-0.1, -0.05) is 0 Å². The third-order valence-electron chi connectivity index (χ3n) is 5.58. The van der Waals surface area contributed by atoms with Crippen LogP contribution in [0.15, 0.2) is 24.3 Å². The topological polar surface area (TPSA) is 77.8 Å². The monoisotopic (exact) mass is 412 g/mol. The molecule has 1 aromatic carbocycles. The van der Waals surface area contributed by atoms with E-state index in [1.807, 2.05) is 0 Å². The van der Waals surface area contributed by atoms with Crippen LogP contribution in [0.2, 0.25) is 0 Å². The Balaban J connectivity index is 1.86. The first-order valence-corrected chi connectivity index (χ1v) is 10.1. The predicted octanol–water partition coefficient (Wildman–Crippen LogP) is 3.31. The molecule has 7 heteroatoms. The van der Waals surface area contributed by atoms with Crippen LogP contribution in [0.25, 0.3) is 0 Å². The summed E-state index contributed by atoms with van der Waals surface area (Å²) < 4.78 is 12.0. The molecular formula is C23H28N2O5. The molecule has 0 saturated heterocycles. The number of nitrogens with zero attached hydrogens (tertiary/aromatic N) is 2. The van der Waals surface area contributed by atoms with E-state index in [4.69, 9.17) is 9.47 Å². The molecule has 0 radical (unpaired) electrons. The fraction of sp³-hybridized carbons (Fsp3) is 0.435. The highest BCUT2D eigenvalue weighted by Gasteiger charge is 2.36. The third-order valence-corrected chi connectivity index (χ3v) is 5.58. The first-order valence-electron chi connectivity index (χ1n) is 10.1. The number of hydrogen-bond acceptors (Lipinski definition) is 5. The highest BCUT2D eigenvalue weighted by atomic mass is 16.5. The number of ketones is 1. The van der Waals surface area contributed by atoms with Crippen LogP contribution in [-0.2, 0) is 11.8 Å². The first-order chi connectivity index (χ1) is 14.3. The summed E-state index contributed by atoms with van der Waals surface area (Å²) in [5.74, 6) is -0.133. The summed E-state index contributed by atoms with van der Waals surface area (Å²) in [5, 5.41) is 0. The van der Waals surface area contributed by atoms with Gasteiger partial charge in [-0.05, 0) is 63.4 Å². The Morgan fingerprint density at radius 1 is 1.13 bits per heavy atom. The molecule has 1 aliphatic rings. The molecule has 0 spiro atoms. The van der Waals surface area contributed by atoms with E-state index in [-0.39, 0.29) is 30.9 Å². The van der Waals surface area contributed by atoms with Crippen molar-refractivity contribution in [3.05, 3.63) is 52.3 Å². The summed E-state index contributed by atoms with van der Waals surface area (Å²) in [6.07, 6.45) is 1.77. The minimum Gasteiger partial charge on any atom is -0.497 e. The fourth-order valence-electron chi connectivity index (χ4n) is 3.76. The lowest BCUT2D eigenvalue weighted by Gasteiger charge is -2.22. The lowest BCUT2D eigenvalue weighted by atomic mass is 10.0. The van der Waals surface area contributed by atoms with E-state index >= 15 is 0 Å². The molecule has 3 rings (SSSR count). The zero-order valence-corrected chi connectivity index (χ0v) is 18.2. The van der Waals surface area contributed by atoms with E-state index in [1.165, 1.54) is 0 Å². The van der Waals surface area contributed by atoms with Gasteiger partial charge >= 0.3 is 5.97 Å². The number of esters is 1. The number of methoxy groups -OCH3 is 1. The number of ether oxygens (including phenoxy) is 2. The van der Waals surface area contributed by atoms with Crippen LogP contribution in [0.4, 0.5) is 0 Å². The smallest absolute Gasteiger partial charge is 0.355 e. The van der Waals surface area contributed by atoms with Gasteiger partial charge in [0.05, 0.1) is 20.3 Å². The summed E-state index contributed by atoms with van der Waals surface area (Å²) >= 11 is 0. The summed E-state index contributed by atoms with van der Waals surface area (Å²) in [5.41, 5.74) is 2.65. The van der Waals surface area contributed by atoms with Gasteiger partial charge < -0.3 is 18.9 Å². The Labute approximate surface area is 176 Å². The van der Waals surface area contributed by atoms with E-state index in [0.29, 0.717) is 33.8 Å². The Morgan fingerprint density at radius 3 is 2.30 bits per heavy atom. The molecular weight excluding hydrogens is 384 g/mol. The average molecular weight is 412 g/mol. The van der Waals surface area contributed by atoms with E-state index in [9.17, 15) is 14.4 Å². The van der Waals surface area contributed by atoms with E-state index < -0.39 is 5.97 Å². The van der Waals surface area contributed by atoms with Gasteiger partial charge in [0.15, 0.2) is 5.78 Å². The van der Waals surface area contributed by atoms with Gasteiger partial charge in [0.1, 0.15) is 11.4 Å². The van der Waals surface area contributed by atoms with Gasteiger partial charge in [-0.3, -0.25) is 9.59 Å². The van der Waals surface area contributed by atoms with Crippen LogP contribution in [0.3, 0.4) is 0 Å². The number of aromatic nitrogens is 1. The molecule has 1 fully saturated rings. The van der Waals surface area contributed by atoms with Crippen LogP contribution in [0, 0.1) is 13.8 Å². The maximum atomic E-state index is 13.2. The Kier molecular flexibility index (Phi) is 6.29. The van der Waals surface area contributed by atoms with E-state index in [2.05, 4.69) is 0 Å². The number of hydrogen-bond donors (Lipinski definition) is 0. The highest BCUT2D eigenvalue weighted by Crippen LogP contribution is 2.30. The van der Waals surface area contributed by atoms with Gasteiger partial charge in [-0.15, -0.1) is 0 Å². The van der Waals surface area contributed by atoms with Gasteiger partial charge in [-0.25, -0.2) is 4.79 Å². The molecule has 30 heavy (non-hydrogen) atoms. The SMILES string of the molecule is CCOC(=O)c1c(C)c(C(=O)CN(C(=O)c2ccc(OC)cc2)C2CC2)c(C)n1C. The second-order valence-electron chi connectivity index (χ2n) is 7.53. The van der Waals surface area contributed by atoms with Gasteiger partial charge in [0, 0.05) is 29.9 Å². The maximum absolute atomic E-state index is 13.2. The first kappa shape index (κ1) is 21.6. The van der Waals surface area contributed by atoms with Crippen molar-refractivity contribution >= 4 is 17.7 Å². The minimum absolute atomic E-state index is 0.0243. The van der Waals surface area contributed by atoms with Crippen molar-refractivity contribution in [2.45, 2.75) is 39.7 Å². The summed E-state index contributed by atoms with van der Waals surface area (Å²) in [4.78, 5) is 40.3. The zero-order chi connectivity index (χ0) is 22.0. The molecule has 0 bridgehead atoms. The van der Waals surface area contributed by atoms with Gasteiger partial charge in [0.2, 0.25) is 0 Å². The predicted molar refractivity (Wildman–Crippen MR) is 112 cm³/mol. The quantitative estimate of drug-likeness (QED) is 0.491. The lowest BCUT2D eigenvalue weighted by molar-refractivity contribution is 0.0514. The molecule has 1 aliphatic carbocycles. The molecule has 1 aromatic heterocycles. The fourth-order valence-corrected chi connectivity index (χ4v) is 3.76. The van der Waals surface area contributed by atoms with Crippen molar-refractivity contribution in [1.29, 1.82) is 0 Å². The second kappa shape index (κ2) is 8.73. The molecule has 0 atom stereocenters.